The molecule has 0 heterocycles. The number of esters is 3. The number of allylic oxidation sites excluding steroid dienone is 18. The van der Waals surface area contributed by atoms with Gasteiger partial charge in [-0.15, -0.1) is 0 Å². The summed E-state index contributed by atoms with van der Waals surface area (Å²) in [7, 11) is 0. The van der Waals surface area contributed by atoms with Gasteiger partial charge in [-0.25, -0.2) is 0 Å². The summed E-state index contributed by atoms with van der Waals surface area (Å²) >= 11 is 0. The molecule has 0 aliphatic heterocycles. The fraction of sp³-hybridized carbons (Fsp3) is 0.687. The third-order valence-electron chi connectivity index (χ3n) is 12.7. The average Bonchev–Trinajstić information content (AvgIpc) is 3.39. The van der Waals surface area contributed by atoms with Gasteiger partial charge in [0.2, 0.25) is 0 Å². The average molecular weight is 1010 g/mol. The number of carbonyl (C=O) groups is 3. The maximum absolute atomic E-state index is 12.9. The molecule has 0 amide bonds. The second-order valence-corrected chi connectivity index (χ2v) is 19.9. The first kappa shape index (κ1) is 69.1. The number of hydrogen-bond acceptors (Lipinski definition) is 6. The Balaban J connectivity index is 4.49. The monoisotopic (exact) mass is 1010 g/mol. The molecule has 0 saturated heterocycles. The van der Waals surface area contributed by atoms with Crippen molar-refractivity contribution in [2.75, 3.05) is 13.2 Å². The SMILES string of the molecule is CCCCC/C=C\C/C=C\C/C=C\CCCCCCCCC(=O)OC[C@@H](COC(=O)CCCCCC/C=C\C/C=C\C/C=C\CCCCC)OC(=O)CCCCCCCC/C=C\C/C=C\C/C=C\CCCCC. The first-order valence-electron chi connectivity index (χ1n) is 30.4. The van der Waals surface area contributed by atoms with E-state index in [9.17, 15) is 14.4 Å². The van der Waals surface area contributed by atoms with Crippen LogP contribution in [0.4, 0.5) is 0 Å². The summed E-state index contributed by atoms with van der Waals surface area (Å²) in [4.78, 5) is 38.3. The minimum absolute atomic E-state index is 0.0991. The number of unbranched alkanes of at least 4 members (excludes halogenated alkanes) is 25. The molecule has 0 N–H and O–H groups in total. The van der Waals surface area contributed by atoms with Crippen LogP contribution in [0.5, 0.6) is 0 Å². The van der Waals surface area contributed by atoms with Crippen molar-refractivity contribution >= 4 is 17.9 Å². The number of hydrogen-bond donors (Lipinski definition) is 0. The van der Waals surface area contributed by atoms with E-state index in [-0.39, 0.29) is 31.1 Å². The van der Waals surface area contributed by atoms with E-state index in [1.165, 1.54) is 103 Å². The quantitative estimate of drug-likeness (QED) is 0.0261. The Labute approximate surface area is 450 Å². The molecule has 0 fully saturated rings. The summed E-state index contributed by atoms with van der Waals surface area (Å²) in [5, 5.41) is 0. The third kappa shape index (κ3) is 58.8. The third-order valence-corrected chi connectivity index (χ3v) is 12.7. The molecule has 0 aromatic rings. The second kappa shape index (κ2) is 60.6. The van der Waals surface area contributed by atoms with Crippen molar-refractivity contribution in [1.82, 2.24) is 0 Å². The van der Waals surface area contributed by atoms with E-state index in [0.717, 1.165) is 135 Å². The van der Waals surface area contributed by atoms with Gasteiger partial charge in [0.05, 0.1) is 0 Å². The topological polar surface area (TPSA) is 78.9 Å². The molecule has 0 rings (SSSR count). The lowest BCUT2D eigenvalue weighted by Crippen LogP contribution is -2.30. The zero-order valence-electron chi connectivity index (χ0n) is 47.6. The van der Waals surface area contributed by atoms with Crippen LogP contribution < -0.4 is 0 Å². The Morgan fingerprint density at radius 1 is 0.274 bits per heavy atom. The van der Waals surface area contributed by atoms with Crippen molar-refractivity contribution in [1.29, 1.82) is 0 Å². The van der Waals surface area contributed by atoms with Crippen LogP contribution in [0.3, 0.4) is 0 Å². The summed E-state index contributed by atoms with van der Waals surface area (Å²) < 4.78 is 16.9. The predicted molar refractivity (Wildman–Crippen MR) is 316 cm³/mol. The van der Waals surface area contributed by atoms with Crippen LogP contribution in [0.1, 0.15) is 278 Å². The van der Waals surface area contributed by atoms with E-state index in [4.69, 9.17) is 14.2 Å². The molecule has 0 spiro atoms. The van der Waals surface area contributed by atoms with Crippen molar-refractivity contribution in [2.45, 2.75) is 284 Å². The molecule has 416 valence electrons. The lowest BCUT2D eigenvalue weighted by Gasteiger charge is -2.18. The maximum Gasteiger partial charge on any atom is 0.306 e. The van der Waals surface area contributed by atoms with E-state index in [2.05, 4.69) is 130 Å². The van der Waals surface area contributed by atoms with Crippen molar-refractivity contribution < 1.29 is 28.6 Å². The van der Waals surface area contributed by atoms with E-state index < -0.39 is 6.10 Å². The van der Waals surface area contributed by atoms with Gasteiger partial charge in [-0.1, -0.05) is 233 Å². The largest absolute Gasteiger partial charge is 0.462 e. The summed E-state index contributed by atoms with van der Waals surface area (Å²) in [5.74, 6) is -0.942. The van der Waals surface area contributed by atoms with Gasteiger partial charge in [0.25, 0.3) is 0 Å². The Morgan fingerprint density at radius 2 is 0.493 bits per heavy atom. The molecule has 0 aliphatic carbocycles. The minimum atomic E-state index is -0.804. The molecule has 1 atom stereocenters. The Kier molecular flexibility index (Phi) is 57.4. The molecule has 0 aliphatic rings. The molecule has 6 nitrogen and oxygen atoms in total. The molecule has 0 unspecified atom stereocenters. The van der Waals surface area contributed by atoms with Crippen LogP contribution in [0.25, 0.3) is 0 Å². The van der Waals surface area contributed by atoms with E-state index >= 15 is 0 Å². The van der Waals surface area contributed by atoms with Crippen molar-refractivity contribution in [3.63, 3.8) is 0 Å². The highest BCUT2D eigenvalue weighted by molar-refractivity contribution is 5.71. The molecule has 0 bridgehead atoms. The van der Waals surface area contributed by atoms with Gasteiger partial charge in [-0.05, 0) is 135 Å². The van der Waals surface area contributed by atoms with Gasteiger partial charge >= 0.3 is 17.9 Å². The summed E-state index contributed by atoms with van der Waals surface area (Å²) in [6.45, 7) is 6.53. The van der Waals surface area contributed by atoms with E-state index in [0.29, 0.717) is 19.3 Å². The Hall–Kier alpha value is -3.93. The molecule has 6 heteroatoms. The molecule has 0 radical (unpaired) electrons. The van der Waals surface area contributed by atoms with E-state index in [1.54, 1.807) is 0 Å². The van der Waals surface area contributed by atoms with Gasteiger partial charge < -0.3 is 14.2 Å². The fourth-order valence-corrected chi connectivity index (χ4v) is 8.11. The normalized spacial score (nSPS) is 12.9. The smallest absolute Gasteiger partial charge is 0.306 e. The molecule has 0 saturated carbocycles. The van der Waals surface area contributed by atoms with Crippen LogP contribution >= 0.6 is 0 Å². The lowest BCUT2D eigenvalue weighted by molar-refractivity contribution is -0.167. The minimum Gasteiger partial charge on any atom is -0.462 e. The highest BCUT2D eigenvalue weighted by Crippen LogP contribution is 2.14. The van der Waals surface area contributed by atoms with Crippen LogP contribution in [-0.4, -0.2) is 37.2 Å². The molecule has 73 heavy (non-hydrogen) atoms. The Bertz CT molecular complexity index is 1490. The van der Waals surface area contributed by atoms with Gasteiger partial charge in [0, 0.05) is 19.3 Å². The summed E-state index contributed by atoms with van der Waals surface area (Å²) in [5.41, 5.74) is 0. The zero-order chi connectivity index (χ0) is 52.9. The first-order valence-corrected chi connectivity index (χ1v) is 30.4. The van der Waals surface area contributed by atoms with Crippen LogP contribution in [0, 0.1) is 0 Å². The van der Waals surface area contributed by atoms with Gasteiger partial charge in [-0.3, -0.25) is 14.4 Å². The maximum atomic E-state index is 12.9. The van der Waals surface area contributed by atoms with E-state index in [1.807, 2.05) is 0 Å². The van der Waals surface area contributed by atoms with Crippen LogP contribution in [0.15, 0.2) is 109 Å². The van der Waals surface area contributed by atoms with Gasteiger partial charge in [0.15, 0.2) is 6.10 Å². The highest BCUT2D eigenvalue weighted by Gasteiger charge is 2.19. The first-order chi connectivity index (χ1) is 36.0. The zero-order valence-corrected chi connectivity index (χ0v) is 47.6. The van der Waals surface area contributed by atoms with Crippen molar-refractivity contribution in [2.24, 2.45) is 0 Å². The summed E-state index contributed by atoms with van der Waals surface area (Å²) in [6.07, 6.45) is 82.1. The second-order valence-electron chi connectivity index (χ2n) is 19.9. The van der Waals surface area contributed by atoms with Gasteiger partial charge in [-0.2, -0.15) is 0 Å². The molecule has 0 aromatic carbocycles. The molecular weight excluding hydrogens is 901 g/mol. The standard InChI is InChI=1S/C67H112O6/c1-4-7-10-13-16-19-22-25-28-31-33-36-39-42-45-48-51-54-57-60-66(69)72-63-64(62-71-65(68)59-56-53-50-47-44-41-38-35-30-27-24-21-18-15-12-9-6-3)73-67(70)61-58-55-52-49-46-43-40-37-34-32-29-26-23-20-17-14-11-8-5-2/h16-21,25-30,33-34,36-38,41,64H,4-15,22-24,31-32,35,39-40,42-63H2,1-3H3/b19-16-,20-17-,21-18-,28-25-,29-26-,30-27-,36-33-,37-34-,41-38-/t64-/m1/s1. The molecule has 0 aromatic heterocycles. The van der Waals surface area contributed by atoms with Gasteiger partial charge in [0.1, 0.15) is 13.2 Å². The fourth-order valence-electron chi connectivity index (χ4n) is 8.11. The number of ether oxygens (including phenoxy) is 3. The lowest BCUT2D eigenvalue weighted by atomic mass is 10.1. The number of rotatable bonds is 54. The van der Waals surface area contributed by atoms with Crippen molar-refractivity contribution in [3.8, 4) is 0 Å². The molecular formula is C67H112O6. The highest BCUT2D eigenvalue weighted by atomic mass is 16.6. The summed E-state index contributed by atoms with van der Waals surface area (Å²) in [6, 6.07) is 0. The predicted octanol–water partition coefficient (Wildman–Crippen LogP) is 20.7. The van der Waals surface area contributed by atoms with Crippen LogP contribution in [0.2, 0.25) is 0 Å². The number of carbonyl (C=O) groups excluding carboxylic acids is 3. The Morgan fingerprint density at radius 3 is 0.767 bits per heavy atom. The van der Waals surface area contributed by atoms with Crippen LogP contribution in [-0.2, 0) is 28.6 Å². The van der Waals surface area contributed by atoms with Crippen molar-refractivity contribution in [3.05, 3.63) is 109 Å².